The number of nitrogen functional groups attached to an aromatic ring is 2. The molecule has 1 aliphatic heterocycles. The van der Waals surface area contributed by atoms with Crippen molar-refractivity contribution in [1.29, 1.82) is 0 Å². The monoisotopic (exact) mass is 275 g/mol. The average Bonchev–Trinajstić information content (AvgIpc) is 2.79. The topological polar surface area (TPSA) is 81.1 Å². The molecule has 4 N–H and O–H groups in total. The van der Waals surface area contributed by atoms with Gasteiger partial charge in [0.15, 0.2) is 11.0 Å². The highest BCUT2D eigenvalue weighted by Crippen LogP contribution is 2.39. The lowest BCUT2D eigenvalue weighted by molar-refractivity contribution is 0.967. The highest BCUT2D eigenvalue weighted by Gasteiger charge is 2.25. The van der Waals surface area contributed by atoms with Gasteiger partial charge in [-0.15, -0.1) is 0 Å². The fourth-order valence-electron chi connectivity index (χ4n) is 2.48. The molecule has 0 fully saturated rings. The van der Waals surface area contributed by atoms with Gasteiger partial charge in [-0.25, -0.2) is 0 Å². The lowest BCUT2D eigenvalue weighted by Crippen LogP contribution is -2.18. The number of fused-ring (bicyclic) bond motifs is 1. The van der Waals surface area contributed by atoms with Crippen LogP contribution < -0.4 is 16.4 Å². The summed E-state index contributed by atoms with van der Waals surface area (Å²) in [5, 5.41) is 0.198. The van der Waals surface area contributed by atoms with E-state index in [9.17, 15) is 0 Å². The van der Waals surface area contributed by atoms with E-state index in [4.69, 9.17) is 23.1 Å². The van der Waals surface area contributed by atoms with E-state index < -0.39 is 0 Å². The summed E-state index contributed by atoms with van der Waals surface area (Å²) in [6.07, 6.45) is 0.961. The fraction of sp³-hybridized carbons (Fsp3) is 0.231. The Balaban J connectivity index is 2.14. The van der Waals surface area contributed by atoms with Gasteiger partial charge >= 0.3 is 0 Å². The Morgan fingerprint density at radius 1 is 1.26 bits per heavy atom. The summed E-state index contributed by atoms with van der Waals surface area (Å²) in [6, 6.07) is 6.18. The van der Waals surface area contributed by atoms with E-state index >= 15 is 0 Å². The first-order valence-electron chi connectivity index (χ1n) is 6.02. The van der Waals surface area contributed by atoms with E-state index in [2.05, 4.69) is 29.0 Å². The van der Waals surface area contributed by atoms with Crippen LogP contribution in [0.15, 0.2) is 18.2 Å². The molecule has 0 unspecified atom stereocenters. The zero-order chi connectivity index (χ0) is 13.6. The predicted molar refractivity (Wildman–Crippen MR) is 77.8 cm³/mol. The fourth-order valence-corrected chi connectivity index (χ4v) is 2.65. The second-order valence-electron chi connectivity index (χ2n) is 4.58. The first-order valence-corrected chi connectivity index (χ1v) is 6.40. The number of hydrogen-bond acceptors (Lipinski definition) is 5. The lowest BCUT2D eigenvalue weighted by atomic mass is 10.1. The van der Waals surface area contributed by atoms with Crippen LogP contribution in [-0.4, -0.2) is 16.5 Å². The Labute approximate surface area is 116 Å². The third kappa shape index (κ3) is 1.86. The van der Waals surface area contributed by atoms with Crippen LogP contribution in [0, 0.1) is 6.92 Å². The third-order valence-electron chi connectivity index (χ3n) is 3.41. The van der Waals surface area contributed by atoms with Crippen LogP contribution in [0.1, 0.15) is 11.1 Å². The largest absolute Gasteiger partial charge is 0.393 e. The van der Waals surface area contributed by atoms with Crippen LogP contribution >= 0.6 is 11.6 Å². The van der Waals surface area contributed by atoms with Gasteiger partial charge in [0.25, 0.3) is 0 Å². The smallest absolute Gasteiger partial charge is 0.223 e. The van der Waals surface area contributed by atoms with Gasteiger partial charge in [-0.05, 0) is 30.5 Å². The minimum atomic E-state index is 0.135. The quantitative estimate of drug-likeness (QED) is 0.781. The maximum Gasteiger partial charge on any atom is 0.223 e. The van der Waals surface area contributed by atoms with Crippen LogP contribution in [0.25, 0.3) is 0 Å². The van der Waals surface area contributed by atoms with Crippen molar-refractivity contribution in [3.63, 3.8) is 0 Å². The standard InChI is InChI=1S/C13H14ClN5/c1-7-3-2-4-9-8(7)5-6-19(9)12-10(15)11(14)17-13(16)18-12/h2-4H,5-6,15H2,1H3,(H2,16,17,18). The molecule has 5 nitrogen and oxygen atoms in total. The zero-order valence-electron chi connectivity index (χ0n) is 10.5. The molecular weight excluding hydrogens is 262 g/mol. The van der Waals surface area contributed by atoms with Crippen LogP contribution in [0.5, 0.6) is 0 Å². The molecule has 0 aliphatic carbocycles. The van der Waals surface area contributed by atoms with Gasteiger partial charge in [0.2, 0.25) is 5.95 Å². The molecule has 0 spiro atoms. The number of aromatic nitrogens is 2. The molecule has 0 saturated heterocycles. The first kappa shape index (κ1) is 12.0. The van der Waals surface area contributed by atoms with Crippen LogP contribution in [0.3, 0.4) is 0 Å². The van der Waals surface area contributed by atoms with E-state index in [0.717, 1.165) is 18.7 Å². The molecule has 0 saturated carbocycles. The Bertz CT molecular complexity index is 656. The summed E-state index contributed by atoms with van der Waals surface area (Å²) >= 11 is 5.97. The maximum atomic E-state index is 5.97. The van der Waals surface area contributed by atoms with Crippen LogP contribution in [0.4, 0.5) is 23.1 Å². The molecule has 0 amide bonds. The highest BCUT2D eigenvalue weighted by atomic mass is 35.5. The van der Waals surface area contributed by atoms with Crippen molar-refractivity contribution < 1.29 is 0 Å². The summed E-state index contributed by atoms with van der Waals surface area (Å²) in [7, 11) is 0. The van der Waals surface area contributed by atoms with Crippen LogP contribution in [0.2, 0.25) is 5.15 Å². The Kier molecular flexibility index (Phi) is 2.71. The second-order valence-corrected chi connectivity index (χ2v) is 4.94. The van der Waals surface area contributed by atoms with E-state index in [1.165, 1.54) is 11.1 Å². The normalized spacial score (nSPS) is 13.7. The van der Waals surface area contributed by atoms with Crippen molar-refractivity contribution in [2.75, 3.05) is 22.9 Å². The molecular formula is C13H14ClN5. The molecule has 2 aromatic rings. The van der Waals surface area contributed by atoms with Crippen molar-refractivity contribution >= 4 is 34.7 Å². The van der Waals surface area contributed by atoms with E-state index in [1.807, 2.05) is 11.0 Å². The highest BCUT2D eigenvalue weighted by molar-refractivity contribution is 6.32. The summed E-state index contributed by atoms with van der Waals surface area (Å²) in [5.41, 5.74) is 15.7. The zero-order valence-corrected chi connectivity index (χ0v) is 11.3. The van der Waals surface area contributed by atoms with E-state index in [1.54, 1.807) is 0 Å². The van der Waals surface area contributed by atoms with Crippen molar-refractivity contribution in [3.8, 4) is 0 Å². The Morgan fingerprint density at radius 3 is 2.84 bits per heavy atom. The third-order valence-corrected chi connectivity index (χ3v) is 3.70. The summed E-state index contributed by atoms with van der Waals surface area (Å²) in [6.45, 7) is 2.92. The van der Waals surface area contributed by atoms with Crippen molar-refractivity contribution in [2.45, 2.75) is 13.3 Å². The van der Waals surface area contributed by atoms with Crippen molar-refractivity contribution in [2.24, 2.45) is 0 Å². The van der Waals surface area contributed by atoms with Gasteiger partial charge in [0.05, 0.1) is 0 Å². The van der Waals surface area contributed by atoms with Gasteiger partial charge < -0.3 is 16.4 Å². The molecule has 98 valence electrons. The number of hydrogen-bond donors (Lipinski definition) is 2. The molecule has 0 radical (unpaired) electrons. The number of benzene rings is 1. The molecule has 2 heterocycles. The molecule has 0 atom stereocenters. The van der Waals surface area contributed by atoms with Crippen molar-refractivity contribution in [3.05, 3.63) is 34.5 Å². The van der Waals surface area contributed by atoms with Crippen molar-refractivity contribution in [1.82, 2.24) is 9.97 Å². The first-order chi connectivity index (χ1) is 9.08. The minimum Gasteiger partial charge on any atom is -0.393 e. The Morgan fingerprint density at radius 2 is 2.05 bits per heavy atom. The molecule has 1 aromatic heterocycles. The summed E-state index contributed by atoms with van der Waals surface area (Å²) in [5.74, 6) is 0.720. The number of nitrogens with two attached hydrogens (primary N) is 2. The number of rotatable bonds is 1. The lowest BCUT2D eigenvalue weighted by Gasteiger charge is -2.20. The number of nitrogens with zero attached hydrogens (tertiary/aromatic N) is 3. The van der Waals surface area contributed by atoms with Gasteiger partial charge in [-0.1, -0.05) is 23.7 Å². The number of anilines is 4. The average molecular weight is 276 g/mol. The number of aryl methyl sites for hydroxylation is 1. The predicted octanol–water partition coefficient (Wildman–Crippen LogP) is 2.30. The van der Waals surface area contributed by atoms with E-state index in [-0.39, 0.29) is 11.1 Å². The van der Waals surface area contributed by atoms with Crippen LogP contribution in [-0.2, 0) is 6.42 Å². The second kappa shape index (κ2) is 4.28. The SMILES string of the molecule is Cc1cccc2c1CCN2c1nc(N)nc(Cl)c1N. The molecule has 1 aromatic carbocycles. The Hall–Kier alpha value is -2.01. The molecule has 0 bridgehead atoms. The summed E-state index contributed by atoms with van der Waals surface area (Å²) in [4.78, 5) is 10.1. The van der Waals surface area contributed by atoms with E-state index in [0.29, 0.717) is 11.5 Å². The minimum absolute atomic E-state index is 0.135. The molecule has 1 aliphatic rings. The molecule has 3 rings (SSSR count). The summed E-state index contributed by atoms with van der Waals surface area (Å²) < 4.78 is 0. The van der Waals surface area contributed by atoms with Gasteiger partial charge in [-0.3, -0.25) is 0 Å². The van der Waals surface area contributed by atoms with Gasteiger partial charge in [-0.2, -0.15) is 9.97 Å². The number of halogens is 1. The maximum absolute atomic E-state index is 5.97. The van der Waals surface area contributed by atoms with Gasteiger partial charge in [0.1, 0.15) is 5.69 Å². The molecule has 6 heteroatoms. The molecule has 19 heavy (non-hydrogen) atoms. The van der Waals surface area contributed by atoms with Gasteiger partial charge in [0, 0.05) is 12.2 Å².